The first-order valence-corrected chi connectivity index (χ1v) is 7.71. The molecule has 1 N–H and O–H groups in total. The maximum absolute atomic E-state index is 11.9. The van der Waals surface area contributed by atoms with Crippen molar-refractivity contribution < 1.29 is 4.79 Å². The van der Waals surface area contributed by atoms with Crippen LogP contribution in [0.3, 0.4) is 0 Å². The third-order valence-electron chi connectivity index (χ3n) is 3.90. The van der Waals surface area contributed by atoms with Gasteiger partial charge in [-0.05, 0) is 28.8 Å². The summed E-state index contributed by atoms with van der Waals surface area (Å²) < 4.78 is 2.46. The van der Waals surface area contributed by atoms with Crippen molar-refractivity contribution in [2.45, 2.75) is 12.8 Å². The molecule has 2 aromatic heterocycles. The zero-order valence-corrected chi connectivity index (χ0v) is 13.6. The van der Waals surface area contributed by atoms with Crippen LogP contribution >= 0.6 is 15.9 Å². The molecule has 1 fully saturated rings. The van der Waals surface area contributed by atoms with Gasteiger partial charge in [-0.25, -0.2) is 14.6 Å². The number of halogens is 1. The Morgan fingerprint density at radius 3 is 3.05 bits per heavy atom. The van der Waals surface area contributed by atoms with Crippen molar-refractivity contribution in [3.05, 3.63) is 10.9 Å². The second-order valence-electron chi connectivity index (χ2n) is 5.21. The predicted molar refractivity (Wildman–Crippen MR) is 83.0 cm³/mol. The number of fused-ring (bicyclic) bond motifs is 1. The minimum atomic E-state index is 0.00390. The van der Waals surface area contributed by atoms with E-state index in [1.807, 2.05) is 7.05 Å². The number of nitrogens with zero attached hydrogens (tertiary/aromatic N) is 5. The maximum atomic E-state index is 11.9. The minimum Gasteiger partial charge on any atom is -0.359 e. The van der Waals surface area contributed by atoms with Crippen LogP contribution in [0.25, 0.3) is 11.0 Å². The highest BCUT2D eigenvalue weighted by Crippen LogP contribution is 2.31. The highest BCUT2D eigenvalue weighted by Gasteiger charge is 2.28. The van der Waals surface area contributed by atoms with E-state index in [0.29, 0.717) is 6.54 Å². The fraction of sp³-hybridized carbons (Fsp3) is 0.538. The molecule has 1 unspecified atom stereocenters. The number of hydrogen-bond acceptors (Lipinski definition) is 5. The fourth-order valence-electron chi connectivity index (χ4n) is 2.85. The lowest BCUT2D eigenvalue weighted by Crippen LogP contribution is -2.42. The predicted octanol–water partition coefficient (Wildman–Crippen LogP) is 1.09. The molecule has 21 heavy (non-hydrogen) atoms. The lowest BCUT2D eigenvalue weighted by atomic mass is 9.97. The number of amides is 1. The zero-order valence-electron chi connectivity index (χ0n) is 12.0. The summed E-state index contributed by atoms with van der Waals surface area (Å²) in [6.45, 7) is 1.56. The number of hydrogen-bond donors (Lipinski definition) is 1. The second-order valence-corrected chi connectivity index (χ2v) is 5.96. The van der Waals surface area contributed by atoms with Crippen LogP contribution in [0.2, 0.25) is 0 Å². The van der Waals surface area contributed by atoms with Crippen molar-refractivity contribution in [3.63, 3.8) is 0 Å². The molecule has 1 aliphatic heterocycles. The lowest BCUT2D eigenvalue weighted by molar-refractivity contribution is -0.124. The molecular weight excluding hydrogens is 336 g/mol. The van der Waals surface area contributed by atoms with Gasteiger partial charge in [0.1, 0.15) is 16.7 Å². The molecule has 3 rings (SSSR count). The van der Waals surface area contributed by atoms with E-state index in [1.54, 1.807) is 18.1 Å². The summed E-state index contributed by atoms with van der Waals surface area (Å²) in [5.41, 5.74) is 0.786. The van der Waals surface area contributed by atoms with Crippen LogP contribution in [-0.4, -0.2) is 45.8 Å². The molecule has 7 nitrogen and oxygen atoms in total. The monoisotopic (exact) mass is 352 g/mol. The van der Waals surface area contributed by atoms with E-state index < -0.39 is 0 Å². The minimum absolute atomic E-state index is 0.00390. The number of aryl methyl sites for hydroxylation is 1. The molecule has 3 heterocycles. The van der Waals surface area contributed by atoms with Crippen LogP contribution < -0.4 is 10.2 Å². The molecule has 0 radical (unpaired) electrons. The lowest BCUT2D eigenvalue weighted by Gasteiger charge is -2.32. The molecule has 1 saturated heterocycles. The van der Waals surface area contributed by atoms with Gasteiger partial charge in [-0.3, -0.25) is 4.79 Å². The average Bonchev–Trinajstić information content (AvgIpc) is 2.81. The molecule has 0 aliphatic carbocycles. The SMILES string of the molecule is CNC(=O)C1CCCN(c2ncnc3c2c(Br)nn3C)C1. The van der Waals surface area contributed by atoms with Gasteiger partial charge < -0.3 is 10.2 Å². The van der Waals surface area contributed by atoms with E-state index in [4.69, 9.17) is 0 Å². The van der Waals surface area contributed by atoms with Gasteiger partial charge in [-0.2, -0.15) is 5.10 Å². The number of anilines is 1. The number of aromatic nitrogens is 4. The van der Waals surface area contributed by atoms with E-state index in [2.05, 4.69) is 41.2 Å². The van der Waals surface area contributed by atoms with E-state index in [0.717, 1.165) is 40.8 Å². The van der Waals surface area contributed by atoms with Crippen molar-refractivity contribution >= 4 is 38.7 Å². The summed E-state index contributed by atoms with van der Waals surface area (Å²) in [5.74, 6) is 0.938. The third kappa shape index (κ3) is 2.48. The Labute approximate surface area is 130 Å². The largest absolute Gasteiger partial charge is 0.359 e. The van der Waals surface area contributed by atoms with E-state index in [-0.39, 0.29) is 11.8 Å². The maximum Gasteiger partial charge on any atom is 0.224 e. The van der Waals surface area contributed by atoms with Crippen LogP contribution in [-0.2, 0) is 11.8 Å². The summed E-state index contributed by atoms with van der Waals surface area (Å²) in [6, 6.07) is 0. The molecule has 8 heteroatoms. The van der Waals surface area contributed by atoms with E-state index >= 15 is 0 Å². The van der Waals surface area contributed by atoms with Crippen LogP contribution in [0.5, 0.6) is 0 Å². The first-order chi connectivity index (χ1) is 10.1. The topological polar surface area (TPSA) is 75.9 Å². The molecule has 0 spiro atoms. The van der Waals surface area contributed by atoms with Gasteiger partial charge in [0, 0.05) is 27.2 Å². The van der Waals surface area contributed by atoms with Gasteiger partial charge in [0.25, 0.3) is 0 Å². The van der Waals surface area contributed by atoms with E-state index in [1.165, 1.54) is 0 Å². The zero-order chi connectivity index (χ0) is 15.0. The molecule has 1 atom stereocenters. The first kappa shape index (κ1) is 14.2. The summed E-state index contributed by atoms with van der Waals surface area (Å²) >= 11 is 3.47. The Morgan fingerprint density at radius 2 is 2.29 bits per heavy atom. The van der Waals surface area contributed by atoms with Crippen molar-refractivity contribution in [1.82, 2.24) is 25.1 Å². The summed E-state index contributed by atoms with van der Waals surface area (Å²) in [4.78, 5) is 22.7. The van der Waals surface area contributed by atoms with Crippen molar-refractivity contribution in [3.8, 4) is 0 Å². The van der Waals surface area contributed by atoms with Gasteiger partial charge >= 0.3 is 0 Å². The Morgan fingerprint density at radius 1 is 1.48 bits per heavy atom. The number of nitrogens with one attached hydrogen (secondary N) is 1. The van der Waals surface area contributed by atoms with Gasteiger partial charge in [0.05, 0.1) is 11.3 Å². The molecule has 112 valence electrons. The molecule has 1 aliphatic rings. The van der Waals surface area contributed by atoms with Crippen LogP contribution in [0.1, 0.15) is 12.8 Å². The number of piperidine rings is 1. The van der Waals surface area contributed by atoms with Crippen LogP contribution in [0.15, 0.2) is 10.9 Å². The summed E-state index contributed by atoms with van der Waals surface area (Å²) in [7, 11) is 3.54. The van der Waals surface area contributed by atoms with Crippen molar-refractivity contribution in [1.29, 1.82) is 0 Å². The molecule has 0 saturated carbocycles. The van der Waals surface area contributed by atoms with Crippen LogP contribution in [0, 0.1) is 5.92 Å². The number of carbonyl (C=O) groups excluding carboxylic acids is 1. The summed E-state index contributed by atoms with van der Waals surface area (Å²) in [6.07, 6.45) is 3.44. The first-order valence-electron chi connectivity index (χ1n) is 6.91. The second kappa shape index (κ2) is 5.59. The molecule has 0 aromatic carbocycles. The van der Waals surface area contributed by atoms with Gasteiger partial charge in [0.15, 0.2) is 5.65 Å². The average molecular weight is 353 g/mol. The van der Waals surface area contributed by atoms with Crippen LogP contribution in [0.4, 0.5) is 5.82 Å². The Balaban J connectivity index is 1.98. The Hall–Kier alpha value is -1.70. The van der Waals surface area contributed by atoms with Gasteiger partial charge in [-0.15, -0.1) is 0 Å². The quantitative estimate of drug-likeness (QED) is 0.875. The highest BCUT2D eigenvalue weighted by atomic mass is 79.9. The Bertz CT molecular complexity index is 685. The molecule has 2 aromatic rings. The highest BCUT2D eigenvalue weighted by molar-refractivity contribution is 9.10. The number of rotatable bonds is 2. The van der Waals surface area contributed by atoms with Gasteiger partial charge in [0.2, 0.25) is 5.91 Å². The standard InChI is InChI=1S/C13H17BrN6O/c1-15-13(21)8-4-3-5-20(6-8)12-9-10(14)18-19(2)11(9)16-7-17-12/h7-8H,3-6H2,1-2H3,(H,15,21). The molecule has 1 amide bonds. The normalized spacial score (nSPS) is 19.0. The van der Waals surface area contributed by atoms with Crippen molar-refractivity contribution in [2.75, 3.05) is 25.0 Å². The third-order valence-corrected chi connectivity index (χ3v) is 4.45. The van der Waals surface area contributed by atoms with Gasteiger partial charge in [-0.1, -0.05) is 0 Å². The Kier molecular flexibility index (Phi) is 3.79. The van der Waals surface area contributed by atoms with Crippen molar-refractivity contribution in [2.24, 2.45) is 13.0 Å². The number of carbonyl (C=O) groups is 1. The fourth-order valence-corrected chi connectivity index (χ4v) is 3.45. The van der Waals surface area contributed by atoms with E-state index in [9.17, 15) is 4.79 Å². The summed E-state index contributed by atoms with van der Waals surface area (Å²) in [5, 5.41) is 7.98. The molecular formula is C13H17BrN6O. The smallest absolute Gasteiger partial charge is 0.224 e. The molecule has 0 bridgehead atoms.